The van der Waals surface area contributed by atoms with Crippen molar-refractivity contribution in [3.05, 3.63) is 11.4 Å². The molecule has 16 nitrogen and oxygen atoms in total. The fourth-order valence-electron chi connectivity index (χ4n) is 4.00. The molecule has 2 aromatic rings. The van der Waals surface area contributed by atoms with Crippen LogP contribution in [0, 0.1) is 12.3 Å². The summed E-state index contributed by atoms with van der Waals surface area (Å²) in [5, 5.41) is 21.6. The van der Waals surface area contributed by atoms with Crippen LogP contribution in [0.15, 0.2) is 10.3 Å². The third-order valence-electron chi connectivity index (χ3n) is 6.13. The van der Waals surface area contributed by atoms with Gasteiger partial charge in [0.15, 0.2) is 5.13 Å². The maximum atomic E-state index is 13.0. The standard InChI is InChI=1S/C20H27N11O5S3/c1-4-36-28-9(12-27-18(22)39-29-12)14(32)25-10-15(33)30-5-20(17(34)35,6-37-16(10)30)7-38-19-26-11(21)8(2)13(24-3)31(19)23/h10,16H,4-7,23H2,1-3H3,(H6,21,22,24,25,27,29,32,34,35)/t10?,16-,20?/m1/s1. The molecule has 2 aromatic heterocycles. The zero-order chi connectivity index (χ0) is 28.5. The van der Waals surface area contributed by atoms with E-state index in [0.29, 0.717) is 16.5 Å². The van der Waals surface area contributed by atoms with Crippen LogP contribution in [0.5, 0.6) is 0 Å². The second-order valence-corrected chi connectivity index (χ2v) is 11.5. The molecular formula is C20H27N11O5S3. The Labute approximate surface area is 235 Å². The molecule has 210 valence electrons. The predicted molar refractivity (Wildman–Crippen MR) is 144 cm³/mol. The zero-order valence-electron chi connectivity index (χ0n) is 21.2. The van der Waals surface area contributed by atoms with Gasteiger partial charge in [-0.05, 0) is 25.6 Å². The van der Waals surface area contributed by atoms with E-state index in [1.807, 2.05) is 0 Å². The summed E-state index contributed by atoms with van der Waals surface area (Å²) < 4.78 is 5.28. The topological polar surface area (TPSA) is 244 Å². The number of amides is 2. The fourth-order valence-corrected chi connectivity index (χ4v) is 7.21. The summed E-state index contributed by atoms with van der Waals surface area (Å²) in [6.07, 6.45) is 0. The lowest BCUT2D eigenvalue weighted by atomic mass is 9.89. The maximum absolute atomic E-state index is 13.0. The number of hydrogen-bond donors (Lipinski definition) is 5. The van der Waals surface area contributed by atoms with E-state index in [4.69, 9.17) is 22.1 Å². The molecule has 0 aliphatic carbocycles. The Morgan fingerprint density at radius 3 is 2.74 bits per heavy atom. The lowest BCUT2D eigenvalue weighted by Crippen LogP contribution is -2.75. The SMILES string of the molecule is CCON=C(C(=O)NC1C(=O)N2CC(CSc3nc(N)c(C)c(NC)[n+]3N)(C(=O)[O-])CS[C@H]12)c1nsc(N)n1. The molecule has 0 radical (unpaired) electrons. The number of aromatic nitrogens is 4. The number of β-lactam (4-membered cyclic amide) rings is 1. The van der Waals surface area contributed by atoms with Crippen molar-refractivity contribution in [2.75, 3.05) is 54.3 Å². The second-order valence-electron chi connectivity index (χ2n) is 8.66. The van der Waals surface area contributed by atoms with E-state index in [0.717, 1.165) is 23.3 Å². The zero-order valence-corrected chi connectivity index (χ0v) is 23.6. The number of thioether (sulfide) groups is 2. The average Bonchev–Trinajstić information content (AvgIpc) is 3.34. The van der Waals surface area contributed by atoms with Crippen LogP contribution >= 0.6 is 35.1 Å². The van der Waals surface area contributed by atoms with Crippen molar-refractivity contribution in [3.8, 4) is 0 Å². The normalized spacial score (nSPS) is 22.6. The highest BCUT2D eigenvalue weighted by Gasteiger charge is 2.56. The Bertz CT molecular complexity index is 1340. The number of carboxylic acid groups (broad SMARTS) is 1. The van der Waals surface area contributed by atoms with Crippen LogP contribution in [-0.2, 0) is 19.2 Å². The Balaban J connectivity index is 1.46. The number of carbonyl (C=O) groups is 3. The number of rotatable bonds is 10. The maximum Gasteiger partial charge on any atom is 0.322 e. The number of nitrogens with zero attached hydrogens (tertiary/aromatic N) is 6. The lowest BCUT2D eigenvalue weighted by molar-refractivity contribution is -0.668. The summed E-state index contributed by atoms with van der Waals surface area (Å²) in [4.78, 5) is 52.9. The number of nitrogens with one attached hydrogen (secondary N) is 2. The van der Waals surface area contributed by atoms with Gasteiger partial charge >= 0.3 is 5.16 Å². The Kier molecular flexibility index (Phi) is 8.21. The predicted octanol–water partition coefficient (Wildman–Crippen LogP) is -2.88. The van der Waals surface area contributed by atoms with Crippen molar-refractivity contribution in [2.45, 2.75) is 30.4 Å². The van der Waals surface area contributed by atoms with Gasteiger partial charge in [0.1, 0.15) is 18.0 Å². The van der Waals surface area contributed by atoms with Gasteiger partial charge in [-0.3, -0.25) is 15.4 Å². The number of nitrogens with two attached hydrogens (primary N) is 3. The van der Waals surface area contributed by atoms with Gasteiger partial charge in [0, 0.05) is 42.0 Å². The molecule has 3 atom stereocenters. The molecule has 2 aliphatic rings. The van der Waals surface area contributed by atoms with E-state index >= 15 is 0 Å². The van der Waals surface area contributed by atoms with Crippen LogP contribution in [0.4, 0.5) is 16.8 Å². The molecule has 39 heavy (non-hydrogen) atoms. The van der Waals surface area contributed by atoms with Crippen LogP contribution in [-0.4, -0.2) is 85.9 Å². The van der Waals surface area contributed by atoms with Gasteiger partial charge in [0.05, 0.1) is 11.5 Å². The third kappa shape index (κ3) is 5.33. The van der Waals surface area contributed by atoms with Gasteiger partial charge in [-0.15, -0.1) is 16.4 Å². The molecule has 2 aliphatic heterocycles. The van der Waals surface area contributed by atoms with Gasteiger partial charge in [-0.2, -0.15) is 9.36 Å². The quantitative estimate of drug-likeness (QED) is 0.0351. The van der Waals surface area contributed by atoms with Crippen molar-refractivity contribution >= 4 is 75.3 Å². The number of anilines is 3. The largest absolute Gasteiger partial charge is 0.549 e. The monoisotopic (exact) mass is 597 g/mol. The Hall–Kier alpha value is -3.58. The van der Waals surface area contributed by atoms with Crippen molar-refractivity contribution < 1.29 is 29.0 Å². The first kappa shape index (κ1) is 28.4. The fraction of sp³-hybridized carbons (Fsp3) is 0.500. The molecule has 4 rings (SSSR count). The number of carbonyl (C=O) groups excluding carboxylic acids is 3. The number of fused-ring (bicyclic) bond motifs is 1. The Morgan fingerprint density at radius 2 is 2.13 bits per heavy atom. The molecule has 0 spiro atoms. The van der Waals surface area contributed by atoms with E-state index in [2.05, 4.69) is 30.1 Å². The minimum Gasteiger partial charge on any atom is -0.549 e. The minimum atomic E-state index is -1.39. The molecule has 19 heteroatoms. The number of nitrogen functional groups attached to an aromatic ring is 3. The van der Waals surface area contributed by atoms with E-state index in [9.17, 15) is 19.5 Å². The highest BCUT2D eigenvalue weighted by Crippen LogP contribution is 2.44. The number of aliphatic carboxylic acids is 1. The molecule has 0 bridgehead atoms. The molecule has 0 aromatic carbocycles. The van der Waals surface area contributed by atoms with Gasteiger partial charge < -0.3 is 41.7 Å². The lowest BCUT2D eigenvalue weighted by Gasteiger charge is -2.55. The van der Waals surface area contributed by atoms with Crippen LogP contribution in [0.3, 0.4) is 0 Å². The molecule has 2 amide bonds. The minimum absolute atomic E-state index is 0.0216. The van der Waals surface area contributed by atoms with Crippen LogP contribution in [0.2, 0.25) is 0 Å². The number of carboxylic acids is 1. The van der Waals surface area contributed by atoms with E-state index in [1.54, 1.807) is 20.9 Å². The Morgan fingerprint density at radius 1 is 1.38 bits per heavy atom. The summed E-state index contributed by atoms with van der Waals surface area (Å²) in [6, 6.07) is -0.902. The second kappa shape index (κ2) is 11.3. The van der Waals surface area contributed by atoms with Crippen molar-refractivity contribution in [2.24, 2.45) is 10.6 Å². The van der Waals surface area contributed by atoms with Crippen molar-refractivity contribution in [1.29, 1.82) is 0 Å². The molecule has 2 unspecified atom stereocenters. The molecule has 4 heterocycles. The highest BCUT2D eigenvalue weighted by atomic mass is 32.2. The van der Waals surface area contributed by atoms with Gasteiger partial charge in [-0.25, -0.2) is 0 Å². The summed E-state index contributed by atoms with van der Waals surface area (Å²) in [5.74, 6) is 4.58. The molecule has 2 saturated heterocycles. The average molecular weight is 598 g/mol. The van der Waals surface area contributed by atoms with E-state index in [1.165, 1.54) is 21.3 Å². The highest BCUT2D eigenvalue weighted by molar-refractivity contribution is 8.00. The van der Waals surface area contributed by atoms with Crippen molar-refractivity contribution in [3.63, 3.8) is 0 Å². The van der Waals surface area contributed by atoms with Gasteiger partial charge in [0.25, 0.3) is 11.7 Å². The molecule has 8 N–H and O–H groups in total. The first-order chi connectivity index (χ1) is 18.5. The van der Waals surface area contributed by atoms with Crippen LogP contribution in [0.25, 0.3) is 0 Å². The number of oxime groups is 1. The summed E-state index contributed by atoms with van der Waals surface area (Å²) in [7, 11) is 1.68. The van der Waals surface area contributed by atoms with Gasteiger partial charge in [0.2, 0.25) is 23.3 Å². The van der Waals surface area contributed by atoms with Crippen molar-refractivity contribution in [1.82, 2.24) is 24.6 Å². The van der Waals surface area contributed by atoms with Crippen LogP contribution < -0.4 is 37.7 Å². The van der Waals surface area contributed by atoms with E-state index < -0.39 is 34.6 Å². The molecule has 0 saturated carbocycles. The summed E-state index contributed by atoms with van der Waals surface area (Å²) in [5.41, 5.74) is 10.6. The van der Waals surface area contributed by atoms with Crippen LogP contribution in [0.1, 0.15) is 18.3 Å². The number of hydrogen-bond acceptors (Lipinski definition) is 16. The molecule has 2 fully saturated rings. The summed E-state index contributed by atoms with van der Waals surface area (Å²) >= 11 is 3.20. The summed E-state index contributed by atoms with van der Waals surface area (Å²) in [6.45, 7) is 3.53. The molecular weight excluding hydrogens is 570 g/mol. The van der Waals surface area contributed by atoms with Gasteiger partial charge in [-0.1, -0.05) is 10.1 Å². The first-order valence-electron chi connectivity index (χ1n) is 11.5. The van der Waals surface area contributed by atoms with E-state index in [-0.39, 0.29) is 47.1 Å². The first-order valence-corrected chi connectivity index (χ1v) is 14.4. The third-order valence-corrected chi connectivity index (χ3v) is 9.51. The smallest absolute Gasteiger partial charge is 0.322 e.